The van der Waals surface area contributed by atoms with Gasteiger partial charge in [0.25, 0.3) is 0 Å². The normalized spacial score (nSPS) is 33.6. The lowest BCUT2D eigenvalue weighted by atomic mass is 9.66. The molecule has 0 N–H and O–H groups in total. The van der Waals surface area contributed by atoms with E-state index in [9.17, 15) is 4.79 Å². The number of hydrogen-bond donors (Lipinski definition) is 0. The fourth-order valence-corrected chi connectivity index (χ4v) is 4.94. The molecule has 124 valence electrons. The van der Waals surface area contributed by atoms with E-state index in [1.807, 2.05) is 35.2 Å². The van der Waals surface area contributed by atoms with Gasteiger partial charge in [0.15, 0.2) is 0 Å². The SMILES string of the molecule is O=C(OC1[C@H]2CC3C[C@H]1CN(C3)C2)c1cncc(-n2cccc2)c1. The molecule has 2 aromatic rings. The third kappa shape index (κ3) is 2.35. The van der Waals surface area contributed by atoms with Crippen LogP contribution in [0.15, 0.2) is 43.0 Å². The molecule has 2 atom stereocenters. The van der Waals surface area contributed by atoms with Gasteiger partial charge < -0.3 is 14.2 Å². The van der Waals surface area contributed by atoms with Gasteiger partial charge in [0.2, 0.25) is 0 Å². The molecule has 3 saturated heterocycles. The summed E-state index contributed by atoms with van der Waals surface area (Å²) in [5.74, 6) is 1.61. The average molecular weight is 323 g/mol. The maximum Gasteiger partial charge on any atom is 0.340 e. The molecule has 6 rings (SSSR count). The molecule has 1 saturated carbocycles. The summed E-state index contributed by atoms with van der Waals surface area (Å²) < 4.78 is 7.92. The van der Waals surface area contributed by atoms with Crippen molar-refractivity contribution in [1.29, 1.82) is 0 Å². The first-order valence-electron chi connectivity index (χ1n) is 8.78. The molecule has 5 heteroatoms. The number of carbonyl (C=O) groups excluding carboxylic acids is 1. The Kier molecular flexibility index (Phi) is 3.23. The second-order valence-electron chi connectivity index (χ2n) is 7.47. The fourth-order valence-electron chi connectivity index (χ4n) is 4.94. The van der Waals surface area contributed by atoms with Gasteiger partial charge in [-0.2, -0.15) is 0 Å². The molecule has 0 amide bonds. The van der Waals surface area contributed by atoms with Crippen LogP contribution in [0.4, 0.5) is 0 Å². The number of rotatable bonds is 3. The molecular weight excluding hydrogens is 302 g/mol. The average Bonchev–Trinajstić information content (AvgIpc) is 3.12. The van der Waals surface area contributed by atoms with Crippen molar-refractivity contribution in [3.63, 3.8) is 0 Å². The highest BCUT2D eigenvalue weighted by molar-refractivity contribution is 5.89. The summed E-state index contributed by atoms with van der Waals surface area (Å²) in [6, 6.07) is 5.76. The molecule has 0 unspecified atom stereocenters. The number of aromatic nitrogens is 2. The van der Waals surface area contributed by atoms with Crippen LogP contribution in [0.2, 0.25) is 0 Å². The molecule has 3 aliphatic heterocycles. The van der Waals surface area contributed by atoms with Gasteiger partial charge in [-0.25, -0.2) is 4.79 Å². The smallest absolute Gasteiger partial charge is 0.340 e. The van der Waals surface area contributed by atoms with Crippen molar-refractivity contribution in [3.05, 3.63) is 48.5 Å². The lowest BCUT2D eigenvalue weighted by Gasteiger charge is -2.55. The Morgan fingerprint density at radius 1 is 1.08 bits per heavy atom. The van der Waals surface area contributed by atoms with Crippen molar-refractivity contribution >= 4 is 5.97 Å². The second kappa shape index (κ2) is 5.45. The van der Waals surface area contributed by atoms with E-state index in [-0.39, 0.29) is 12.1 Å². The first-order chi connectivity index (χ1) is 11.8. The van der Waals surface area contributed by atoms with Crippen LogP contribution < -0.4 is 0 Å². The van der Waals surface area contributed by atoms with E-state index >= 15 is 0 Å². The quantitative estimate of drug-likeness (QED) is 0.814. The van der Waals surface area contributed by atoms with Gasteiger partial charge in [-0.15, -0.1) is 0 Å². The van der Waals surface area contributed by atoms with Crippen LogP contribution in [0.25, 0.3) is 5.69 Å². The Balaban J connectivity index is 1.35. The summed E-state index contributed by atoms with van der Waals surface area (Å²) in [7, 11) is 0. The molecule has 2 aromatic heterocycles. The molecule has 0 radical (unpaired) electrons. The van der Waals surface area contributed by atoms with E-state index in [2.05, 4.69) is 9.88 Å². The monoisotopic (exact) mass is 323 g/mol. The molecule has 4 bridgehead atoms. The maximum atomic E-state index is 12.7. The van der Waals surface area contributed by atoms with E-state index in [1.165, 1.54) is 19.4 Å². The Morgan fingerprint density at radius 2 is 1.83 bits per heavy atom. The topological polar surface area (TPSA) is 47.4 Å². The van der Waals surface area contributed by atoms with Gasteiger partial charge in [0, 0.05) is 50.1 Å². The second-order valence-corrected chi connectivity index (χ2v) is 7.47. The number of carbonyl (C=O) groups is 1. The molecule has 5 heterocycles. The Hall–Kier alpha value is -2.14. The van der Waals surface area contributed by atoms with Gasteiger partial charge in [-0.05, 0) is 37.0 Å². The van der Waals surface area contributed by atoms with Crippen LogP contribution in [-0.2, 0) is 4.74 Å². The molecule has 4 aliphatic rings. The number of hydrogen-bond acceptors (Lipinski definition) is 4. The highest BCUT2D eigenvalue weighted by Gasteiger charge is 2.49. The van der Waals surface area contributed by atoms with Crippen molar-refractivity contribution < 1.29 is 9.53 Å². The Morgan fingerprint density at radius 3 is 2.54 bits per heavy atom. The zero-order valence-electron chi connectivity index (χ0n) is 13.5. The first kappa shape index (κ1) is 14.2. The molecule has 24 heavy (non-hydrogen) atoms. The lowest BCUT2D eigenvalue weighted by molar-refractivity contribution is -0.116. The van der Waals surface area contributed by atoms with Crippen LogP contribution in [0.5, 0.6) is 0 Å². The van der Waals surface area contributed by atoms with Gasteiger partial charge in [0.05, 0.1) is 17.4 Å². The number of ether oxygens (including phenoxy) is 1. The number of piperidine rings is 3. The highest BCUT2D eigenvalue weighted by Crippen LogP contribution is 2.44. The molecule has 0 spiro atoms. The van der Waals surface area contributed by atoms with Gasteiger partial charge >= 0.3 is 5.97 Å². The zero-order chi connectivity index (χ0) is 16.1. The summed E-state index contributed by atoms with van der Waals surface area (Å²) in [6.45, 7) is 3.43. The van der Waals surface area contributed by atoms with E-state index in [1.54, 1.807) is 12.4 Å². The van der Waals surface area contributed by atoms with Crippen LogP contribution in [-0.4, -0.2) is 46.2 Å². The number of pyridine rings is 1. The van der Waals surface area contributed by atoms with Gasteiger partial charge in [-0.1, -0.05) is 0 Å². The van der Waals surface area contributed by atoms with Crippen molar-refractivity contribution in [3.8, 4) is 5.69 Å². The standard InChI is InChI=1S/C19H21N3O2/c23-19(14-7-17(9-20-8-14)22-3-1-2-4-22)24-18-15-5-13-6-16(18)12-21(10-13)11-15/h1-4,7-9,13,15-16,18H,5-6,10-12H2/t13?,15-,16-,18?/m0/s1. The molecule has 5 nitrogen and oxygen atoms in total. The van der Waals surface area contributed by atoms with Gasteiger partial charge in [0.1, 0.15) is 6.10 Å². The van der Waals surface area contributed by atoms with E-state index in [0.29, 0.717) is 17.4 Å². The number of nitrogens with zero attached hydrogens (tertiary/aromatic N) is 3. The summed E-state index contributed by atoms with van der Waals surface area (Å²) in [5, 5.41) is 0. The summed E-state index contributed by atoms with van der Waals surface area (Å²) >= 11 is 0. The fraction of sp³-hybridized carbons (Fsp3) is 0.474. The highest BCUT2D eigenvalue weighted by atomic mass is 16.5. The predicted molar refractivity (Wildman–Crippen MR) is 88.9 cm³/mol. The molecule has 0 aromatic carbocycles. The minimum Gasteiger partial charge on any atom is -0.458 e. The van der Waals surface area contributed by atoms with Crippen LogP contribution in [0, 0.1) is 17.8 Å². The first-order valence-corrected chi connectivity index (χ1v) is 8.78. The van der Waals surface area contributed by atoms with Gasteiger partial charge in [-0.3, -0.25) is 4.98 Å². The number of esters is 1. The summed E-state index contributed by atoms with van der Waals surface area (Å²) in [5.41, 5.74) is 1.42. The van der Waals surface area contributed by atoms with Crippen LogP contribution in [0.1, 0.15) is 23.2 Å². The third-order valence-electron chi connectivity index (χ3n) is 5.81. The molecule has 4 fully saturated rings. The van der Waals surface area contributed by atoms with E-state index in [4.69, 9.17) is 4.74 Å². The van der Waals surface area contributed by atoms with Crippen LogP contribution >= 0.6 is 0 Å². The van der Waals surface area contributed by atoms with E-state index in [0.717, 1.165) is 24.7 Å². The molecule has 1 aliphatic carbocycles. The van der Waals surface area contributed by atoms with Crippen LogP contribution in [0.3, 0.4) is 0 Å². The van der Waals surface area contributed by atoms with Crippen molar-refractivity contribution in [2.45, 2.75) is 18.9 Å². The lowest BCUT2D eigenvalue weighted by Crippen LogP contribution is -2.60. The maximum absolute atomic E-state index is 12.7. The Labute approximate surface area is 141 Å². The zero-order valence-corrected chi connectivity index (χ0v) is 13.5. The summed E-state index contributed by atoms with van der Waals surface area (Å²) in [6.07, 6.45) is 9.76. The predicted octanol–water partition coefficient (Wildman–Crippen LogP) is 2.37. The third-order valence-corrected chi connectivity index (χ3v) is 5.81. The minimum atomic E-state index is -0.232. The van der Waals surface area contributed by atoms with Crippen molar-refractivity contribution in [2.24, 2.45) is 17.8 Å². The van der Waals surface area contributed by atoms with Crippen molar-refractivity contribution in [1.82, 2.24) is 14.5 Å². The van der Waals surface area contributed by atoms with E-state index < -0.39 is 0 Å². The molecular formula is C19H21N3O2. The Bertz CT molecular complexity index is 728. The largest absolute Gasteiger partial charge is 0.458 e. The summed E-state index contributed by atoms with van der Waals surface area (Å²) in [4.78, 5) is 19.4. The minimum absolute atomic E-state index is 0.0838. The van der Waals surface area contributed by atoms with Crippen molar-refractivity contribution in [2.75, 3.05) is 19.6 Å².